The number of amides is 2. The van der Waals surface area contributed by atoms with Crippen molar-refractivity contribution in [3.8, 4) is 11.5 Å². The van der Waals surface area contributed by atoms with E-state index in [4.69, 9.17) is 9.15 Å². The van der Waals surface area contributed by atoms with Crippen LogP contribution >= 0.6 is 22.7 Å². The molecule has 0 spiro atoms. The second kappa shape index (κ2) is 9.23. The lowest BCUT2D eigenvalue weighted by atomic mass is 10.2. The molecule has 3 aromatic heterocycles. The molecule has 0 N–H and O–H groups in total. The minimum absolute atomic E-state index is 0.0198. The van der Waals surface area contributed by atoms with Crippen molar-refractivity contribution in [2.24, 2.45) is 0 Å². The number of fused-ring (bicyclic) bond motifs is 1. The van der Waals surface area contributed by atoms with Gasteiger partial charge < -0.3 is 14.1 Å². The topological polar surface area (TPSA) is 75.9 Å². The van der Waals surface area contributed by atoms with Crippen LogP contribution in [0.25, 0.3) is 22.4 Å². The van der Waals surface area contributed by atoms with Crippen molar-refractivity contribution in [1.82, 2.24) is 9.88 Å². The van der Waals surface area contributed by atoms with E-state index in [1.54, 1.807) is 15.9 Å². The molecular formula is C23H21N3O4S2. The Balaban J connectivity index is 1.38. The highest BCUT2D eigenvalue weighted by molar-refractivity contribution is 7.14. The molecule has 1 aliphatic heterocycles. The number of morpholine rings is 1. The Morgan fingerprint density at radius 3 is 2.72 bits per heavy atom. The van der Waals surface area contributed by atoms with Gasteiger partial charge in [-0.25, -0.2) is 4.98 Å². The van der Waals surface area contributed by atoms with E-state index in [0.29, 0.717) is 47.8 Å². The lowest BCUT2D eigenvalue weighted by Gasteiger charge is -2.28. The Hall–Kier alpha value is -3.01. The first kappa shape index (κ1) is 20.9. The summed E-state index contributed by atoms with van der Waals surface area (Å²) in [5, 5.41) is 5.30. The Bertz CT molecular complexity index is 1190. The van der Waals surface area contributed by atoms with Gasteiger partial charge in [0.1, 0.15) is 11.3 Å². The first-order valence-electron chi connectivity index (χ1n) is 10.3. The molecular weight excluding hydrogens is 446 g/mol. The largest absolute Gasteiger partial charge is 0.454 e. The van der Waals surface area contributed by atoms with E-state index in [1.165, 1.54) is 22.7 Å². The van der Waals surface area contributed by atoms with E-state index < -0.39 is 0 Å². The molecule has 9 heteroatoms. The summed E-state index contributed by atoms with van der Waals surface area (Å²) in [6, 6.07) is 13.4. The molecule has 0 bridgehead atoms. The van der Waals surface area contributed by atoms with Crippen LogP contribution in [0.2, 0.25) is 0 Å². The zero-order valence-electron chi connectivity index (χ0n) is 17.2. The molecule has 0 radical (unpaired) electrons. The van der Waals surface area contributed by atoms with Crippen LogP contribution in [0.5, 0.6) is 0 Å². The standard InChI is InChI=1S/C23H21N3O4S2/c27-21(25-9-11-29-12-10-25)7-8-26(22(28)20-6-3-13-31-20)23-24-17(15-32-23)19-14-16-4-1-2-5-18(16)30-19/h1-6,13-15H,7-12H2. The molecule has 0 atom stereocenters. The smallest absolute Gasteiger partial charge is 0.270 e. The number of ether oxygens (including phenoxy) is 1. The minimum Gasteiger partial charge on any atom is -0.454 e. The van der Waals surface area contributed by atoms with Gasteiger partial charge in [0.15, 0.2) is 10.9 Å². The number of carbonyl (C=O) groups is 2. The number of nitrogens with zero attached hydrogens (tertiary/aromatic N) is 3. The minimum atomic E-state index is -0.153. The van der Waals surface area contributed by atoms with Crippen molar-refractivity contribution in [1.29, 1.82) is 0 Å². The summed E-state index contributed by atoms with van der Waals surface area (Å²) in [4.78, 5) is 34.6. The zero-order valence-corrected chi connectivity index (χ0v) is 18.9. The Kier molecular flexibility index (Phi) is 6.02. The third-order valence-corrected chi connectivity index (χ3v) is 7.01. The van der Waals surface area contributed by atoms with Crippen LogP contribution in [-0.2, 0) is 9.53 Å². The van der Waals surface area contributed by atoms with Crippen LogP contribution in [-0.4, -0.2) is 54.5 Å². The van der Waals surface area contributed by atoms with Crippen LogP contribution in [0.3, 0.4) is 0 Å². The average molecular weight is 468 g/mol. The van der Waals surface area contributed by atoms with E-state index in [9.17, 15) is 9.59 Å². The summed E-state index contributed by atoms with van der Waals surface area (Å²) in [5.74, 6) is 0.522. The molecule has 2 amide bonds. The summed E-state index contributed by atoms with van der Waals surface area (Å²) >= 11 is 2.75. The van der Waals surface area contributed by atoms with Gasteiger partial charge in [-0.15, -0.1) is 22.7 Å². The molecule has 164 valence electrons. The Morgan fingerprint density at radius 1 is 1.09 bits per heavy atom. The summed E-state index contributed by atoms with van der Waals surface area (Å²) < 4.78 is 11.3. The summed E-state index contributed by atoms with van der Waals surface area (Å²) in [6.07, 6.45) is 0.233. The van der Waals surface area contributed by atoms with Gasteiger partial charge in [0.25, 0.3) is 5.91 Å². The van der Waals surface area contributed by atoms with Gasteiger partial charge in [-0.1, -0.05) is 24.3 Å². The van der Waals surface area contributed by atoms with Crippen LogP contribution in [0.4, 0.5) is 5.13 Å². The quantitative estimate of drug-likeness (QED) is 0.417. The molecule has 1 aromatic carbocycles. The lowest BCUT2D eigenvalue weighted by Crippen LogP contribution is -2.42. The second-order valence-corrected chi connectivity index (χ2v) is 9.13. The van der Waals surface area contributed by atoms with Crippen molar-refractivity contribution in [3.63, 3.8) is 0 Å². The van der Waals surface area contributed by atoms with E-state index in [2.05, 4.69) is 4.98 Å². The van der Waals surface area contributed by atoms with Gasteiger partial charge in [-0.3, -0.25) is 14.5 Å². The van der Waals surface area contributed by atoms with Crippen LogP contribution in [0.15, 0.2) is 57.6 Å². The normalized spacial score (nSPS) is 14.1. The van der Waals surface area contributed by atoms with Crippen molar-refractivity contribution >= 4 is 50.6 Å². The van der Waals surface area contributed by atoms with Gasteiger partial charge in [-0.2, -0.15) is 0 Å². The molecule has 1 fully saturated rings. The number of carbonyl (C=O) groups excluding carboxylic acids is 2. The Morgan fingerprint density at radius 2 is 1.94 bits per heavy atom. The first-order chi connectivity index (χ1) is 15.7. The molecule has 0 saturated carbocycles. The van der Waals surface area contributed by atoms with Crippen LogP contribution < -0.4 is 4.90 Å². The van der Waals surface area contributed by atoms with Crippen molar-refractivity contribution in [2.45, 2.75) is 6.42 Å². The number of benzene rings is 1. The van der Waals surface area contributed by atoms with E-state index in [0.717, 1.165) is 11.0 Å². The molecule has 32 heavy (non-hydrogen) atoms. The predicted octanol–water partition coefficient (Wildman–Crippen LogP) is 4.51. The number of thiophene rings is 1. The van der Waals surface area contributed by atoms with E-state index >= 15 is 0 Å². The number of rotatable bonds is 6. The van der Waals surface area contributed by atoms with Crippen molar-refractivity contribution in [2.75, 3.05) is 37.7 Å². The van der Waals surface area contributed by atoms with E-state index in [-0.39, 0.29) is 24.8 Å². The molecule has 5 rings (SSSR count). The fourth-order valence-corrected chi connectivity index (χ4v) is 5.12. The number of furan rings is 1. The molecule has 4 aromatic rings. The molecule has 4 heterocycles. The number of hydrogen-bond donors (Lipinski definition) is 0. The fourth-order valence-electron chi connectivity index (χ4n) is 3.61. The van der Waals surface area contributed by atoms with Gasteiger partial charge in [-0.05, 0) is 23.6 Å². The van der Waals surface area contributed by atoms with Gasteiger partial charge in [0, 0.05) is 36.8 Å². The zero-order chi connectivity index (χ0) is 21.9. The molecule has 0 aliphatic carbocycles. The second-order valence-electron chi connectivity index (χ2n) is 7.34. The molecule has 1 saturated heterocycles. The maximum absolute atomic E-state index is 13.2. The van der Waals surface area contributed by atoms with Gasteiger partial charge in [0.05, 0.1) is 18.1 Å². The highest BCUT2D eigenvalue weighted by Gasteiger charge is 2.25. The third kappa shape index (κ3) is 4.32. The van der Waals surface area contributed by atoms with Gasteiger partial charge in [0.2, 0.25) is 5.91 Å². The summed E-state index contributed by atoms with van der Waals surface area (Å²) in [5.41, 5.74) is 1.46. The number of para-hydroxylation sites is 1. The average Bonchev–Trinajstić information content (AvgIpc) is 3.60. The molecule has 1 aliphatic rings. The van der Waals surface area contributed by atoms with Crippen molar-refractivity contribution < 1.29 is 18.7 Å². The number of anilines is 1. The summed E-state index contributed by atoms with van der Waals surface area (Å²) in [6.45, 7) is 2.55. The molecule has 7 nitrogen and oxygen atoms in total. The van der Waals surface area contributed by atoms with Crippen molar-refractivity contribution in [3.05, 3.63) is 58.1 Å². The third-order valence-electron chi connectivity index (χ3n) is 5.29. The van der Waals surface area contributed by atoms with E-state index in [1.807, 2.05) is 47.2 Å². The predicted molar refractivity (Wildman–Crippen MR) is 125 cm³/mol. The Labute approximate surface area is 192 Å². The summed E-state index contributed by atoms with van der Waals surface area (Å²) in [7, 11) is 0. The lowest BCUT2D eigenvalue weighted by molar-refractivity contribution is -0.135. The highest BCUT2D eigenvalue weighted by Crippen LogP contribution is 2.32. The van der Waals surface area contributed by atoms with Crippen LogP contribution in [0, 0.1) is 0 Å². The molecule has 0 unspecified atom stereocenters. The fraction of sp³-hybridized carbons (Fsp3) is 0.261. The van der Waals surface area contributed by atoms with Gasteiger partial charge >= 0.3 is 0 Å². The SMILES string of the molecule is O=C(CCN(C(=O)c1cccs1)c1nc(-c2cc3ccccc3o2)cs1)N1CCOCC1. The number of thiazole rings is 1. The first-order valence-corrected chi connectivity index (χ1v) is 12.1. The number of hydrogen-bond acceptors (Lipinski definition) is 7. The number of aromatic nitrogens is 1. The monoisotopic (exact) mass is 467 g/mol. The van der Waals surface area contributed by atoms with Crippen LogP contribution in [0.1, 0.15) is 16.1 Å². The maximum Gasteiger partial charge on any atom is 0.270 e. The maximum atomic E-state index is 13.2. The highest BCUT2D eigenvalue weighted by atomic mass is 32.1.